The van der Waals surface area contributed by atoms with Crippen LogP contribution < -0.4 is 10.6 Å². The van der Waals surface area contributed by atoms with Gasteiger partial charge in [-0.3, -0.25) is 4.98 Å². The van der Waals surface area contributed by atoms with Crippen LogP contribution in [0.1, 0.15) is 22.5 Å². The third-order valence-corrected chi connectivity index (χ3v) is 4.07. The molecule has 3 heteroatoms. The Morgan fingerprint density at radius 2 is 1.08 bits per heavy atom. The van der Waals surface area contributed by atoms with Crippen molar-refractivity contribution >= 4 is 11.4 Å². The molecule has 0 unspecified atom stereocenters. The van der Waals surface area contributed by atoms with Crippen molar-refractivity contribution in [2.45, 2.75) is 26.9 Å². The van der Waals surface area contributed by atoms with Crippen molar-refractivity contribution in [1.82, 2.24) is 4.98 Å². The molecule has 0 fully saturated rings. The van der Waals surface area contributed by atoms with Crippen LogP contribution in [0.25, 0.3) is 0 Å². The summed E-state index contributed by atoms with van der Waals surface area (Å²) in [6, 6.07) is 22.8. The summed E-state index contributed by atoms with van der Waals surface area (Å²) in [6.07, 6.45) is 0. The van der Waals surface area contributed by atoms with E-state index in [4.69, 9.17) is 4.98 Å². The van der Waals surface area contributed by atoms with E-state index in [1.807, 2.05) is 12.1 Å². The Bertz CT molecular complexity index is 747. The first-order valence-corrected chi connectivity index (χ1v) is 8.26. The minimum absolute atomic E-state index is 0.725. The fraction of sp³-hybridized carbons (Fsp3) is 0.190. The van der Waals surface area contributed by atoms with Gasteiger partial charge in [0.25, 0.3) is 0 Å². The molecule has 0 amide bonds. The third kappa shape index (κ3) is 4.13. The molecule has 3 nitrogen and oxygen atoms in total. The molecule has 0 saturated heterocycles. The van der Waals surface area contributed by atoms with Crippen molar-refractivity contribution in [2.75, 3.05) is 10.6 Å². The molecule has 0 aliphatic carbocycles. The highest BCUT2D eigenvalue weighted by molar-refractivity contribution is 5.51. The second-order valence-electron chi connectivity index (χ2n) is 5.96. The number of aromatic nitrogens is 1. The lowest BCUT2D eigenvalue weighted by Gasteiger charge is -2.11. The van der Waals surface area contributed by atoms with E-state index in [1.54, 1.807) is 0 Å². The van der Waals surface area contributed by atoms with E-state index in [1.165, 1.54) is 11.1 Å². The van der Waals surface area contributed by atoms with Crippen LogP contribution in [-0.2, 0) is 13.1 Å². The molecule has 0 spiro atoms. The number of aryl methyl sites for hydroxylation is 2. The van der Waals surface area contributed by atoms with Crippen LogP contribution in [0.2, 0.25) is 0 Å². The Kier molecular flexibility index (Phi) is 5.12. The van der Waals surface area contributed by atoms with Crippen molar-refractivity contribution < 1.29 is 0 Å². The molecule has 0 radical (unpaired) electrons. The van der Waals surface area contributed by atoms with Crippen LogP contribution in [-0.4, -0.2) is 4.98 Å². The molecule has 24 heavy (non-hydrogen) atoms. The molecule has 1 aromatic heterocycles. The largest absolute Gasteiger partial charge is 0.379 e. The van der Waals surface area contributed by atoms with Gasteiger partial charge in [0.05, 0.1) is 24.5 Å². The zero-order chi connectivity index (χ0) is 16.8. The normalized spacial score (nSPS) is 10.4. The number of anilines is 2. The van der Waals surface area contributed by atoms with Crippen molar-refractivity contribution in [2.24, 2.45) is 0 Å². The third-order valence-electron chi connectivity index (χ3n) is 4.07. The molecule has 0 bridgehead atoms. The number of rotatable bonds is 6. The molecule has 122 valence electrons. The van der Waals surface area contributed by atoms with Gasteiger partial charge in [0.15, 0.2) is 0 Å². The molecule has 0 atom stereocenters. The molecule has 0 aliphatic heterocycles. The smallest absolute Gasteiger partial charge is 0.0598 e. The fourth-order valence-electron chi connectivity index (χ4n) is 2.64. The van der Waals surface area contributed by atoms with Gasteiger partial charge in [0.1, 0.15) is 0 Å². The van der Waals surface area contributed by atoms with Gasteiger partial charge in [-0.05, 0) is 49.2 Å². The van der Waals surface area contributed by atoms with Gasteiger partial charge >= 0.3 is 0 Å². The average Bonchev–Trinajstić information content (AvgIpc) is 2.61. The molecule has 2 N–H and O–H groups in total. The molecule has 2 aromatic carbocycles. The highest BCUT2D eigenvalue weighted by Crippen LogP contribution is 2.16. The lowest BCUT2D eigenvalue weighted by Crippen LogP contribution is -2.07. The average molecular weight is 317 g/mol. The van der Waals surface area contributed by atoms with Crippen LogP contribution in [0.3, 0.4) is 0 Å². The second kappa shape index (κ2) is 7.64. The first-order valence-electron chi connectivity index (χ1n) is 8.26. The molecule has 0 saturated carbocycles. The fourth-order valence-corrected chi connectivity index (χ4v) is 2.64. The maximum absolute atomic E-state index is 4.74. The van der Waals surface area contributed by atoms with E-state index < -0.39 is 0 Å². The predicted octanol–water partition coefficient (Wildman–Crippen LogP) is 4.92. The summed E-state index contributed by atoms with van der Waals surface area (Å²) in [5, 5.41) is 6.91. The van der Waals surface area contributed by atoms with E-state index in [9.17, 15) is 0 Å². The summed E-state index contributed by atoms with van der Waals surface area (Å²) < 4.78 is 0. The summed E-state index contributed by atoms with van der Waals surface area (Å²) in [5.41, 5.74) is 6.89. The number of nitrogens with zero attached hydrogens (tertiary/aromatic N) is 1. The monoisotopic (exact) mass is 317 g/mol. The van der Waals surface area contributed by atoms with Crippen LogP contribution in [0, 0.1) is 13.8 Å². The van der Waals surface area contributed by atoms with Crippen LogP contribution in [0.4, 0.5) is 11.4 Å². The first kappa shape index (κ1) is 16.1. The highest BCUT2D eigenvalue weighted by atomic mass is 14.9. The Hall–Kier alpha value is -2.81. The Balaban J connectivity index is 1.62. The van der Waals surface area contributed by atoms with E-state index >= 15 is 0 Å². The number of hydrogen-bond donors (Lipinski definition) is 2. The zero-order valence-electron chi connectivity index (χ0n) is 14.2. The Labute approximate surface area is 143 Å². The molecular weight excluding hydrogens is 294 g/mol. The molecule has 1 heterocycles. The number of para-hydroxylation sites is 2. The van der Waals surface area contributed by atoms with Gasteiger partial charge in [-0.25, -0.2) is 0 Å². The maximum atomic E-state index is 4.74. The second-order valence-corrected chi connectivity index (χ2v) is 5.96. The van der Waals surface area contributed by atoms with Crippen molar-refractivity contribution in [1.29, 1.82) is 0 Å². The summed E-state index contributed by atoms with van der Waals surface area (Å²) in [5.74, 6) is 0. The van der Waals surface area contributed by atoms with Crippen LogP contribution in [0.5, 0.6) is 0 Å². The molecular formula is C21H23N3. The van der Waals surface area contributed by atoms with Gasteiger partial charge < -0.3 is 10.6 Å². The minimum atomic E-state index is 0.725. The van der Waals surface area contributed by atoms with E-state index in [0.29, 0.717) is 0 Å². The topological polar surface area (TPSA) is 37.0 Å². The van der Waals surface area contributed by atoms with Gasteiger partial charge in [-0.15, -0.1) is 0 Å². The van der Waals surface area contributed by atoms with Gasteiger partial charge in [0.2, 0.25) is 0 Å². The first-order chi connectivity index (χ1) is 11.7. The SMILES string of the molecule is Cc1ccccc1NCc1cccc(CNc2ccccc2C)n1. The summed E-state index contributed by atoms with van der Waals surface area (Å²) >= 11 is 0. The lowest BCUT2D eigenvalue weighted by atomic mass is 10.2. The highest BCUT2D eigenvalue weighted by Gasteiger charge is 2.01. The van der Waals surface area contributed by atoms with E-state index in [2.05, 4.69) is 79.1 Å². The number of benzene rings is 2. The number of hydrogen-bond acceptors (Lipinski definition) is 3. The lowest BCUT2D eigenvalue weighted by molar-refractivity contribution is 0.964. The van der Waals surface area contributed by atoms with Crippen molar-refractivity contribution in [3.63, 3.8) is 0 Å². The molecule has 0 aliphatic rings. The maximum Gasteiger partial charge on any atom is 0.0598 e. The van der Waals surface area contributed by atoms with Crippen molar-refractivity contribution in [3.8, 4) is 0 Å². The summed E-state index contributed by atoms with van der Waals surface area (Å²) in [4.78, 5) is 4.74. The molecule has 3 aromatic rings. The standard InChI is InChI=1S/C21H23N3/c1-16-8-3-5-12-20(16)22-14-18-10-7-11-19(24-18)15-23-21-13-6-4-9-17(21)2/h3-13,22-23H,14-15H2,1-2H3. The van der Waals surface area contributed by atoms with Gasteiger partial charge in [-0.1, -0.05) is 42.5 Å². The van der Waals surface area contributed by atoms with Crippen LogP contribution in [0.15, 0.2) is 66.7 Å². The Morgan fingerprint density at radius 3 is 1.54 bits per heavy atom. The zero-order valence-corrected chi connectivity index (χ0v) is 14.2. The summed E-state index contributed by atoms with van der Waals surface area (Å²) in [6.45, 7) is 5.67. The number of pyridine rings is 1. The number of nitrogens with one attached hydrogen (secondary N) is 2. The van der Waals surface area contributed by atoms with Crippen LogP contribution >= 0.6 is 0 Å². The van der Waals surface area contributed by atoms with Gasteiger partial charge in [0, 0.05) is 11.4 Å². The quantitative estimate of drug-likeness (QED) is 0.677. The summed E-state index contributed by atoms with van der Waals surface area (Å²) in [7, 11) is 0. The molecule has 3 rings (SSSR count). The van der Waals surface area contributed by atoms with Crippen molar-refractivity contribution in [3.05, 3.63) is 89.2 Å². The minimum Gasteiger partial charge on any atom is -0.379 e. The predicted molar refractivity (Wildman–Crippen MR) is 101 cm³/mol. The van der Waals surface area contributed by atoms with E-state index in [-0.39, 0.29) is 0 Å². The van der Waals surface area contributed by atoms with E-state index in [0.717, 1.165) is 35.9 Å². The van der Waals surface area contributed by atoms with Gasteiger partial charge in [-0.2, -0.15) is 0 Å². The Morgan fingerprint density at radius 1 is 0.625 bits per heavy atom.